The molecule has 0 aromatic carbocycles. The van der Waals surface area contributed by atoms with Gasteiger partial charge in [0.1, 0.15) is 0 Å². The fraction of sp³-hybridized carbons (Fsp3) is 1.00. The number of hydrogen-bond donors (Lipinski definition) is 2. The van der Waals surface area contributed by atoms with Gasteiger partial charge in [-0.25, -0.2) is 0 Å². The molecule has 28 valence electrons. The van der Waals surface area contributed by atoms with Gasteiger partial charge in [0, 0.05) is 0 Å². The van der Waals surface area contributed by atoms with Crippen molar-refractivity contribution in [2.45, 2.75) is 0 Å². The molecule has 0 spiro atoms. The Morgan fingerprint density at radius 1 is 1.00 bits per heavy atom. The van der Waals surface area contributed by atoms with Crippen LogP contribution in [-0.4, -0.2) is 49.6 Å². The molecular weight excluding hydrogens is 265 g/mol. The third-order valence-corrected chi connectivity index (χ3v) is 0.1000. The molecule has 0 saturated carbocycles. The summed E-state index contributed by atoms with van der Waals surface area (Å²) in [5.74, 6) is 0. The van der Waals surface area contributed by atoms with Gasteiger partial charge in [-0.15, -0.1) is 0 Å². The molecule has 0 rings (SSSR count). The normalized spacial score (nSPS) is 6.00. The zero-order valence-electron chi connectivity index (χ0n) is 2.76. The second-order valence-electron chi connectivity index (χ2n) is 0.447. The second-order valence-corrected chi connectivity index (χ2v) is 0.447. The van der Waals surface area contributed by atoms with Crippen LogP contribution in [0.15, 0.2) is 0 Å². The molecule has 0 amide bonds. The van der Waals surface area contributed by atoms with Crippen molar-refractivity contribution >= 4 is 26.2 Å². The SMILES string of the molecule is OCCO.[Bi+3]. The summed E-state index contributed by atoms with van der Waals surface area (Å²) in [6.07, 6.45) is 0. The van der Waals surface area contributed by atoms with Crippen LogP contribution in [0, 0.1) is 0 Å². The summed E-state index contributed by atoms with van der Waals surface area (Å²) in [6.45, 7) is -0.250. The predicted molar refractivity (Wildman–Crippen MR) is 19.9 cm³/mol. The summed E-state index contributed by atoms with van der Waals surface area (Å²) in [4.78, 5) is 0. The van der Waals surface area contributed by atoms with Crippen LogP contribution < -0.4 is 0 Å². The first-order chi connectivity index (χ1) is 1.91. The fourth-order valence-corrected chi connectivity index (χ4v) is 0. The Bertz CT molecular complexity index is 9.61. The standard InChI is InChI=1S/C2H6O2.Bi/c3-1-2-4;/h3-4H,1-2H2;/q;+3. The van der Waals surface area contributed by atoms with Crippen LogP contribution in [0.2, 0.25) is 0 Å². The van der Waals surface area contributed by atoms with E-state index in [0.717, 1.165) is 0 Å². The Morgan fingerprint density at radius 2 is 1.20 bits per heavy atom. The van der Waals surface area contributed by atoms with Crippen molar-refractivity contribution in [2.24, 2.45) is 0 Å². The van der Waals surface area contributed by atoms with Crippen molar-refractivity contribution in [1.82, 2.24) is 0 Å². The number of hydrogen-bond acceptors (Lipinski definition) is 2. The van der Waals surface area contributed by atoms with E-state index in [1.165, 1.54) is 0 Å². The van der Waals surface area contributed by atoms with E-state index in [0.29, 0.717) is 0 Å². The Hall–Kier alpha value is 0.803. The maximum absolute atomic E-state index is 7.62. The first-order valence-electron chi connectivity index (χ1n) is 1.13. The van der Waals surface area contributed by atoms with E-state index in [4.69, 9.17) is 10.2 Å². The average molecular weight is 271 g/mol. The summed E-state index contributed by atoms with van der Waals surface area (Å²) in [5, 5.41) is 15.2. The van der Waals surface area contributed by atoms with Crippen molar-refractivity contribution in [2.75, 3.05) is 13.2 Å². The molecule has 2 nitrogen and oxygen atoms in total. The van der Waals surface area contributed by atoms with E-state index >= 15 is 0 Å². The third kappa shape index (κ3) is 11.6. The number of rotatable bonds is 1. The van der Waals surface area contributed by atoms with Crippen molar-refractivity contribution in [3.05, 3.63) is 0 Å². The molecule has 0 aliphatic heterocycles. The fourth-order valence-electron chi connectivity index (χ4n) is 0. The van der Waals surface area contributed by atoms with Gasteiger partial charge in [-0.1, -0.05) is 0 Å². The molecule has 0 aliphatic rings. The Labute approximate surface area is 49.9 Å². The van der Waals surface area contributed by atoms with Crippen LogP contribution in [0.3, 0.4) is 0 Å². The van der Waals surface area contributed by atoms with E-state index in [2.05, 4.69) is 0 Å². The van der Waals surface area contributed by atoms with Crippen molar-refractivity contribution in [3.8, 4) is 0 Å². The van der Waals surface area contributed by atoms with E-state index in [1.807, 2.05) is 0 Å². The molecule has 0 fully saturated rings. The minimum absolute atomic E-state index is 0. The molecule has 0 unspecified atom stereocenters. The van der Waals surface area contributed by atoms with Crippen LogP contribution in [-0.2, 0) is 0 Å². The molecule has 0 saturated heterocycles. The van der Waals surface area contributed by atoms with Gasteiger partial charge in [0.15, 0.2) is 0 Å². The van der Waals surface area contributed by atoms with Gasteiger partial charge in [-0.05, 0) is 0 Å². The molecule has 0 bridgehead atoms. The molecule has 0 atom stereocenters. The summed E-state index contributed by atoms with van der Waals surface area (Å²) >= 11 is 0. The molecule has 0 heterocycles. The van der Waals surface area contributed by atoms with E-state index in [9.17, 15) is 0 Å². The molecular formula is C2H6BiO2+3. The topological polar surface area (TPSA) is 40.5 Å². The summed E-state index contributed by atoms with van der Waals surface area (Å²) in [7, 11) is 0. The van der Waals surface area contributed by atoms with Crippen LogP contribution in [0.25, 0.3) is 0 Å². The Balaban J connectivity index is 0. The summed E-state index contributed by atoms with van der Waals surface area (Å²) < 4.78 is 0. The smallest absolute Gasteiger partial charge is 0.394 e. The molecule has 2 radical (unpaired) electrons. The largest absolute Gasteiger partial charge is 3.00 e. The number of aliphatic hydroxyl groups is 2. The van der Waals surface area contributed by atoms with E-state index in [1.54, 1.807) is 0 Å². The average Bonchev–Trinajstić information content (AvgIpc) is 1.37. The van der Waals surface area contributed by atoms with Crippen molar-refractivity contribution in [1.29, 1.82) is 0 Å². The van der Waals surface area contributed by atoms with Crippen molar-refractivity contribution < 1.29 is 10.2 Å². The van der Waals surface area contributed by atoms with Gasteiger partial charge in [0.05, 0.1) is 13.2 Å². The number of aliphatic hydroxyl groups excluding tert-OH is 2. The van der Waals surface area contributed by atoms with Crippen LogP contribution >= 0.6 is 0 Å². The van der Waals surface area contributed by atoms with Gasteiger partial charge in [0.2, 0.25) is 0 Å². The zero-order valence-corrected chi connectivity index (χ0v) is 6.23. The first kappa shape index (κ1) is 9.26. The molecule has 0 aliphatic carbocycles. The van der Waals surface area contributed by atoms with Crippen LogP contribution in [0.5, 0.6) is 0 Å². The summed E-state index contributed by atoms with van der Waals surface area (Å²) in [5.41, 5.74) is 0. The Morgan fingerprint density at radius 3 is 1.20 bits per heavy atom. The van der Waals surface area contributed by atoms with Gasteiger partial charge in [0.25, 0.3) is 0 Å². The molecule has 2 N–H and O–H groups in total. The van der Waals surface area contributed by atoms with E-state index in [-0.39, 0.29) is 39.4 Å². The quantitative estimate of drug-likeness (QED) is 0.575. The molecule has 0 aromatic rings. The second kappa shape index (κ2) is 8.84. The summed E-state index contributed by atoms with van der Waals surface area (Å²) in [6, 6.07) is 0. The predicted octanol–water partition coefficient (Wildman–Crippen LogP) is -1.41. The van der Waals surface area contributed by atoms with Crippen molar-refractivity contribution in [3.63, 3.8) is 0 Å². The third-order valence-electron chi connectivity index (χ3n) is 0.1000. The molecule has 5 heavy (non-hydrogen) atoms. The molecule has 0 aromatic heterocycles. The van der Waals surface area contributed by atoms with E-state index < -0.39 is 0 Å². The van der Waals surface area contributed by atoms with Gasteiger partial charge >= 0.3 is 26.2 Å². The maximum atomic E-state index is 7.62. The van der Waals surface area contributed by atoms with Crippen LogP contribution in [0.1, 0.15) is 0 Å². The monoisotopic (exact) mass is 271 g/mol. The minimum Gasteiger partial charge on any atom is -0.394 e. The first-order valence-corrected chi connectivity index (χ1v) is 1.13. The van der Waals surface area contributed by atoms with Gasteiger partial charge in [-0.3, -0.25) is 0 Å². The van der Waals surface area contributed by atoms with Gasteiger partial charge in [-0.2, -0.15) is 0 Å². The van der Waals surface area contributed by atoms with Gasteiger partial charge < -0.3 is 10.2 Å². The Kier molecular flexibility index (Phi) is 16.4. The van der Waals surface area contributed by atoms with Crippen LogP contribution in [0.4, 0.5) is 0 Å². The minimum atomic E-state index is -0.125. The zero-order chi connectivity index (χ0) is 3.41. The maximum Gasteiger partial charge on any atom is 3.00 e. The molecule has 3 heteroatoms.